The van der Waals surface area contributed by atoms with E-state index in [-0.39, 0.29) is 23.5 Å². The minimum atomic E-state index is -2.91. The fourth-order valence-corrected chi connectivity index (χ4v) is 4.74. The van der Waals surface area contributed by atoms with E-state index >= 15 is 0 Å². The van der Waals surface area contributed by atoms with Crippen LogP contribution in [-0.2, 0) is 14.6 Å². The number of sulfone groups is 1. The fraction of sp³-hybridized carbons (Fsp3) is 0.588. The van der Waals surface area contributed by atoms with Crippen molar-refractivity contribution in [2.24, 2.45) is 0 Å². The molecule has 2 aliphatic heterocycles. The molecule has 0 spiro atoms. The number of ether oxygens (including phenoxy) is 1. The largest absolute Gasteiger partial charge is 0.378 e. The van der Waals surface area contributed by atoms with Gasteiger partial charge < -0.3 is 14.5 Å². The van der Waals surface area contributed by atoms with Gasteiger partial charge in [-0.1, -0.05) is 0 Å². The molecule has 0 saturated carbocycles. The number of benzene rings is 1. The monoisotopic (exact) mass is 352 g/mol. The zero-order chi connectivity index (χ0) is 17.2. The molecular weight excluding hydrogens is 328 g/mol. The van der Waals surface area contributed by atoms with Crippen LogP contribution in [-0.4, -0.2) is 70.1 Å². The molecule has 0 unspecified atom stereocenters. The number of morpholine rings is 1. The summed E-state index contributed by atoms with van der Waals surface area (Å²) in [5.74, 6) is 0.295. The molecule has 1 aromatic rings. The van der Waals surface area contributed by atoms with E-state index in [1.165, 1.54) is 0 Å². The van der Waals surface area contributed by atoms with Gasteiger partial charge >= 0.3 is 0 Å². The summed E-state index contributed by atoms with van der Waals surface area (Å²) in [5, 5.41) is 0. The maximum Gasteiger partial charge on any atom is 0.253 e. The standard InChI is InChI=1S/C17H24N2O4S/c1-18(15-6-12-24(21,22)13-7-15)17(20)14-2-4-16(5-3-14)19-8-10-23-11-9-19/h2-5,15H,6-13H2,1H3. The third-order valence-electron chi connectivity index (χ3n) is 4.88. The summed E-state index contributed by atoms with van der Waals surface area (Å²) in [6.07, 6.45) is 1.05. The summed E-state index contributed by atoms with van der Waals surface area (Å²) >= 11 is 0. The molecule has 2 fully saturated rings. The molecule has 1 aromatic carbocycles. The second kappa shape index (κ2) is 7.11. The number of hydrogen-bond acceptors (Lipinski definition) is 5. The molecule has 2 aliphatic rings. The first-order valence-corrected chi connectivity index (χ1v) is 10.2. The lowest BCUT2D eigenvalue weighted by Crippen LogP contribution is -2.42. The number of nitrogens with zero attached hydrogens (tertiary/aromatic N) is 2. The van der Waals surface area contributed by atoms with E-state index in [4.69, 9.17) is 4.74 Å². The third-order valence-corrected chi connectivity index (χ3v) is 6.60. The summed E-state index contributed by atoms with van der Waals surface area (Å²) in [4.78, 5) is 16.6. The number of carbonyl (C=O) groups excluding carboxylic acids is 1. The van der Waals surface area contributed by atoms with E-state index in [0.717, 1.165) is 32.0 Å². The third kappa shape index (κ3) is 3.89. The Bertz CT molecular complexity index is 667. The Labute approximate surface area is 143 Å². The highest BCUT2D eigenvalue weighted by Crippen LogP contribution is 2.21. The molecule has 2 heterocycles. The summed E-state index contributed by atoms with van der Waals surface area (Å²) < 4.78 is 28.4. The van der Waals surface area contributed by atoms with Crippen LogP contribution in [0.2, 0.25) is 0 Å². The number of rotatable bonds is 3. The smallest absolute Gasteiger partial charge is 0.253 e. The van der Waals surface area contributed by atoms with E-state index in [1.54, 1.807) is 11.9 Å². The Morgan fingerprint density at radius 1 is 1.12 bits per heavy atom. The molecule has 7 heteroatoms. The fourth-order valence-electron chi connectivity index (χ4n) is 3.27. The molecule has 24 heavy (non-hydrogen) atoms. The number of hydrogen-bond donors (Lipinski definition) is 0. The topological polar surface area (TPSA) is 66.9 Å². The predicted molar refractivity (Wildman–Crippen MR) is 93.2 cm³/mol. The Morgan fingerprint density at radius 3 is 2.29 bits per heavy atom. The summed E-state index contributed by atoms with van der Waals surface area (Å²) in [6, 6.07) is 7.64. The first-order chi connectivity index (χ1) is 11.5. The van der Waals surface area contributed by atoms with Crippen LogP contribution in [0.3, 0.4) is 0 Å². The normalized spacial score (nSPS) is 21.5. The van der Waals surface area contributed by atoms with Gasteiger partial charge in [0.05, 0.1) is 24.7 Å². The highest BCUT2D eigenvalue weighted by atomic mass is 32.2. The average Bonchev–Trinajstić information content (AvgIpc) is 2.61. The molecule has 6 nitrogen and oxygen atoms in total. The van der Waals surface area contributed by atoms with Gasteiger partial charge in [0.25, 0.3) is 5.91 Å². The van der Waals surface area contributed by atoms with Gasteiger partial charge in [-0.25, -0.2) is 8.42 Å². The Morgan fingerprint density at radius 2 is 1.71 bits per heavy atom. The molecule has 0 bridgehead atoms. The van der Waals surface area contributed by atoms with Crippen molar-refractivity contribution < 1.29 is 17.9 Å². The van der Waals surface area contributed by atoms with Gasteiger partial charge in [0.2, 0.25) is 0 Å². The molecule has 1 amide bonds. The average molecular weight is 352 g/mol. The molecule has 0 N–H and O–H groups in total. The lowest BCUT2D eigenvalue weighted by Gasteiger charge is -2.31. The lowest BCUT2D eigenvalue weighted by molar-refractivity contribution is 0.0722. The first kappa shape index (κ1) is 17.2. The molecule has 0 radical (unpaired) electrons. The van der Waals surface area contributed by atoms with Gasteiger partial charge in [-0.2, -0.15) is 0 Å². The summed E-state index contributed by atoms with van der Waals surface area (Å²) in [6.45, 7) is 3.19. The zero-order valence-corrected chi connectivity index (χ0v) is 14.8. The van der Waals surface area contributed by atoms with E-state index in [9.17, 15) is 13.2 Å². The van der Waals surface area contributed by atoms with Crippen LogP contribution in [0.15, 0.2) is 24.3 Å². The maximum atomic E-state index is 12.6. The quantitative estimate of drug-likeness (QED) is 0.817. The van der Waals surface area contributed by atoms with Crippen LogP contribution in [0.1, 0.15) is 23.2 Å². The second-order valence-electron chi connectivity index (χ2n) is 6.45. The molecule has 2 saturated heterocycles. The molecule has 0 aliphatic carbocycles. The van der Waals surface area contributed by atoms with Crippen molar-refractivity contribution in [3.05, 3.63) is 29.8 Å². The summed E-state index contributed by atoms with van der Waals surface area (Å²) in [7, 11) is -1.15. The van der Waals surface area contributed by atoms with Crippen LogP contribution >= 0.6 is 0 Å². The van der Waals surface area contributed by atoms with Gasteiger partial charge in [-0.05, 0) is 37.1 Å². The van der Waals surface area contributed by atoms with Crippen molar-refractivity contribution >= 4 is 21.4 Å². The van der Waals surface area contributed by atoms with Crippen molar-refractivity contribution in [2.75, 3.05) is 49.8 Å². The molecule has 0 atom stereocenters. The number of amides is 1. The van der Waals surface area contributed by atoms with Gasteiger partial charge in [0, 0.05) is 37.4 Å². The van der Waals surface area contributed by atoms with Crippen LogP contribution in [0.4, 0.5) is 5.69 Å². The van der Waals surface area contributed by atoms with Crippen LogP contribution in [0, 0.1) is 0 Å². The first-order valence-electron chi connectivity index (χ1n) is 8.37. The van der Waals surface area contributed by atoms with Crippen molar-refractivity contribution in [3.8, 4) is 0 Å². The lowest BCUT2D eigenvalue weighted by atomic mass is 10.1. The van der Waals surface area contributed by atoms with Crippen LogP contribution < -0.4 is 4.90 Å². The predicted octanol–water partition coefficient (Wildman–Crippen LogP) is 1.17. The van der Waals surface area contributed by atoms with Gasteiger partial charge in [0.15, 0.2) is 0 Å². The maximum absolute atomic E-state index is 12.6. The highest BCUT2D eigenvalue weighted by molar-refractivity contribution is 7.91. The molecule has 0 aromatic heterocycles. The van der Waals surface area contributed by atoms with E-state index in [2.05, 4.69) is 4.90 Å². The molecule has 132 valence electrons. The van der Waals surface area contributed by atoms with Gasteiger partial charge in [-0.3, -0.25) is 4.79 Å². The minimum absolute atomic E-state index is 0.0000511. The number of anilines is 1. The van der Waals surface area contributed by atoms with Crippen molar-refractivity contribution in [1.82, 2.24) is 4.90 Å². The Balaban J connectivity index is 1.64. The van der Waals surface area contributed by atoms with Crippen molar-refractivity contribution in [3.63, 3.8) is 0 Å². The van der Waals surface area contributed by atoms with Crippen LogP contribution in [0.5, 0.6) is 0 Å². The van der Waals surface area contributed by atoms with Crippen LogP contribution in [0.25, 0.3) is 0 Å². The van der Waals surface area contributed by atoms with Crippen molar-refractivity contribution in [2.45, 2.75) is 18.9 Å². The second-order valence-corrected chi connectivity index (χ2v) is 8.75. The molecule has 3 rings (SSSR count). The van der Waals surface area contributed by atoms with Crippen molar-refractivity contribution in [1.29, 1.82) is 0 Å². The molecular formula is C17H24N2O4S. The van der Waals surface area contributed by atoms with E-state index in [1.807, 2.05) is 24.3 Å². The highest BCUT2D eigenvalue weighted by Gasteiger charge is 2.29. The Hall–Kier alpha value is -1.60. The van der Waals surface area contributed by atoms with E-state index < -0.39 is 9.84 Å². The Kier molecular flexibility index (Phi) is 5.10. The van der Waals surface area contributed by atoms with Gasteiger partial charge in [-0.15, -0.1) is 0 Å². The zero-order valence-electron chi connectivity index (χ0n) is 14.0. The summed E-state index contributed by atoms with van der Waals surface area (Å²) in [5.41, 5.74) is 1.74. The SMILES string of the molecule is CN(C(=O)c1ccc(N2CCOCC2)cc1)C1CCS(=O)(=O)CC1. The minimum Gasteiger partial charge on any atom is -0.378 e. The van der Waals surface area contributed by atoms with E-state index in [0.29, 0.717) is 18.4 Å². The number of carbonyl (C=O) groups is 1. The van der Waals surface area contributed by atoms with Gasteiger partial charge in [0.1, 0.15) is 9.84 Å².